The fourth-order valence-electron chi connectivity index (χ4n) is 5.82. The maximum absolute atomic E-state index is 14.2. The van der Waals surface area contributed by atoms with E-state index in [9.17, 15) is 28.0 Å². The van der Waals surface area contributed by atoms with Crippen LogP contribution in [-0.2, 0) is 9.59 Å². The predicted molar refractivity (Wildman–Crippen MR) is 210 cm³/mol. The average Bonchev–Trinajstić information content (AvgIpc) is 4.05. The van der Waals surface area contributed by atoms with Gasteiger partial charge in [-0.05, 0) is 71.4 Å². The Balaban J connectivity index is 0.000000172. The number of benzene rings is 2. The van der Waals surface area contributed by atoms with Crippen molar-refractivity contribution in [2.75, 3.05) is 23.9 Å². The number of ketones is 2. The summed E-state index contributed by atoms with van der Waals surface area (Å²) in [4.78, 5) is 61.0. The van der Waals surface area contributed by atoms with E-state index in [1.54, 1.807) is 70.0 Å². The molecule has 0 aliphatic carbocycles. The number of carbonyl (C=O) groups is 4. The lowest BCUT2D eigenvalue weighted by molar-refractivity contribution is -0.117. The second-order valence-corrected chi connectivity index (χ2v) is 14.2. The number of nitrogens with zero attached hydrogens (tertiary/aromatic N) is 8. The van der Waals surface area contributed by atoms with E-state index in [-0.39, 0.29) is 34.8 Å². The molecule has 0 unspecified atom stereocenters. The number of halogens is 2. The Morgan fingerprint density at radius 2 is 1.02 bits per heavy atom. The first kappa shape index (κ1) is 37.5. The third kappa shape index (κ3) is 7.10. The van der Waals surface area contributed by atoms with Gasteiger partial charge in [0.2, 0.25) is 23.4 Å². The molecule has 8 aromatic rings. The molecule has 280 valence electrons. The molecule has 6 heterocycles. The van der Waals surface area contributed by atoms with Crippen molar-refractivity contribution in [2.24, 2.45) is 0 Å². The van der Waals surface area contributed by atoms with E-state index in [1.165, 1.54) is 84.9 Å². The topological polar surface area (TPSA) is 135 Å². The van der Waals surface area contributed by atoms with Gasteiger partial charge in [0.15, 0.2) is 11.3 Å². The molecule has 0 atom stereocenters. The van der Waals surface area contributed by atoms with E-state index in [4.69, 9.17) is 0 Å². The molecule has 0 spiro atoms. The zero-order chi connectivity index (χ0) is 39.7. The summed E-state index contributed by atoms with van der Waals surface area (Å²) in [6, 6.07) is 19.6. The number of anilines is 2. The molecule has 8 rings (SSSR count). The lowest BCUT2D eigenvalue weighted by Crippen LogP contribution is -2.23. The molecular formula is C40H30F2N8O4S2. The van der Waals surface area contributed by atoms with Gasteiger partial charge in [0.1, 0.15) is 11.6 Å². The average molecular weight is 789 g/mol. The maximum Gasteiger partial charge on any atom is 0.223 e. The van der Waals surface area contributed by atoms with Crippen LogP contribution >= 0.6 is 22.7 Å². The highest BCUT2D eigenvalue weighted by Gasteiger charge is 2.21. The Hall–Kier alpha value is -6.78. The summed E-state index contributed by atoms with van der Waals surface area (Å²) in [5.41, 5.74) is 4.52. The summed E-state index contributed by atoms with van der Waals surface area (Å²) in [7, 11) is 3.02. The minimum atomic E-state index is -0.499. The molecule has 2 aromatic carbocycles. The third-order valence-electron chi connectivity index (χ3n) is 8.93. The Labute approximate surface area is 325 Å². The Bertz CT molecular complexity index is 2590. The van der Waals surface area contributed by atoms with Gasteiger partial charge in [0.05, 0.1) is 56.0 Å². The van der Waals surface area contributed by atoms with Crippen LogP contribution in [0.15, 0.2) is 108 Å². The number of rotatable bonds is 8. The summed E-state index contributed by atoms with van der Waals surface area (Å²) in [5.74, 6) is -1.85. The van der Waals surface area contributed by atoms with Crippen molar-refractivity contribution >= 4 is 68.7 Å². The summed E-state index contributed by atoms with van der Waals surface area (Å²) in [5, 5.41) is 12.3. The SMILES string of the molecule is CC(=O)N(C)c1cc(-c2ccnc3c(C(=O)c4cccs4)cnn23)ccc1F.CC(=O)N(C)c1cc(-c2ccnc3c(C(=O)c4cccs4)cnn23)ccc1F. The van der Waals surface area contributed by atoms with Gasteiger partial charge < -0.3 is 9.80 Å². The molecule has 12 nitrogen and oxygen atoms in total. The molecule has 16 heteroatoms. The third-order valence-corrected chi connectivity index (χ3v) is 10.7. The van der Waals surface area contributed by atoms with Crippen LogP contribution in [0.2, 0.25) is 0 Å². The van der Waals surface area contributed by atoms with Gasteiger partial charge in [-0.3, -0.25) is 19.2 Å². The van der Waals surface area contributed by atoms with Crippen molar-refractivity contribution in [3.63, 3.8) is 0 Å². The number of hydrogen-bond acceptors (Lipinski definition) is 10. The number of amides is 2. The van der Waals surface area contributed by atoms with Crippen molar-refractivity contribution in [3.05, 3.63) is 141 Å². The van der Waals surface area contributed by atoms with Crippen molar-refractivity contribution in [1.82, 2.24) is 29.2 Å². The first-order chi connectivity index (χ1) is 26.9. The Morgan fingerprint density at radius 1 is 0.607 bits per heavy atom. The smallest absolute Gasteiger partial charge is 0.223 e. The van der Waals surface area contributed by atoms with E-state index < -0.39 is 11.6 Å². The summed E-state index contributed by atoms with van der Waals surface area (Å²) < 4.78 is 31.5. The van der Waals surface area contributed by atoms with Crippen molar-refractivity contribution in [2.45, 2.75) is 13.8 Å². The van der Waals surface area contributed by atoms with Crippen LogP contribution in [0, 0.1) is 11.6 Å². The zero-order valence-corrected chi connectivity index (χ0v) is 31.8. The van der Waals surface area contributed by atoms with Crippen LogP contribution in [0.3, 0.4) is 0 Å². The van der Waals surface area contributed by atoms with Crippen LogP contribution in [-0.4, -0.2) is 66.7 Å². The number of hydrogen-bond donors (Lipinski definition) is 0. The molecule has 0 saturated heterocycles. The van der Waals surface area contributed by atoms with Gasteiger partial charge >= 0.3 is 0 Å². The van der Waals surface area contributed by atoms with Gasteiger partial charge in [0, 0.05) is 51.5 Å². The number of aromatic nitrogens is 6. The highest BCUT2D eigenvalue weighted by Crippen LogP contribution is 2.30. The van der Waals surface area contributed by atoms with Crippen LogP contribution in [0.4, 0.5) is 20.2 Å². The van der Waals surface area contributed by atoms with E-state index in [2.05, 4.69) is 20.2 Å². The first-order valence-electron chi connectivity index (χ1n) is 16.8. The fourth-order valence-corrected chi connectivity index (χ4v) is 7.17. The summed E-state index contributed by atoms with van der Waals surface area (Å²) in [6.45, 7) is 2.74. The van der Waals surface area contributed by atoms with Crippen molar-refractivity contribution in [1.29, 1.82) is 0 Å². The second kappa shape index (κ2) is 15.5. The van der Waals surface area contributed by atoms with Gasteiger partial charge in [-0.2, -0.15) is 10.2 Å². The van der Waals surface area contributed by atoms with E-state index in [1.807, 2.05) is 22.9 Å². The van der Waals surface area contributed by atoms with Crippen LogP contribution in [0.25, 0.3) is 33.8 Å². The highest BCUT2D eigenvalue weighted by molar-refractivity contribution is 7.12. The van der Waals surface area contributed by atoms with Crippen LogP contribution in [0.5, 0.6) is 0 Å². The molecule has 0 N–H and O–H groups in total. The molecular weight excluding hydrogens is 759 g/mol. The van der Waals surface area contributed by atoms with E-state index in [0.717, 1.165) is 0 Å². The Kier molecular flexibility index (Phi) is 10.4. The molecule has 56 heavy (non-hydrogen) atoms. The molecule has 0 saturated carbocycles. The molecule has 0 aliphatic heterocycles. The Morgan fingerprint density at radius 3 is 1.38 bits per heavy atom. The van der Waals surface area contributed by atoms with Crippen LogP contribution in [0.1, 0.15) is 44.3 Å². The largest absolute Gasteiger partial charge is 0.313 e. The zero-order valence-electron chi connectivity index (χ0n) is 30.2. The standard InChI is InChI=1S/2C20H15FN4O2S/c2*1-12(26)24(2)17-10-13(5-6-15(17)21)16-7-8-22-20-14(11-23-25(16)20)19(27)18-4-3-9-28-18/h2*3-11H,1-2H3. The maximum atomic E-state index is 14.2. The molecule has 0 fully saturated rings. The molecule has 0 aliphatic rings. The highest BCUT2D eigenvalue weighted by atomic mass is 32.1. The molecule has 0 radical (unpaired) electrons. The minimum Gasteiger partial charge on any atom is -0.313 e. The normalized spacial score (nSPS) is 11.0. The van der Waals surface area contributed by atoms with E-state index >= 15 is 0 Å². The quantitative estimate of drug-likeness (QED) is 0.144. The van der Waals surface area contributed by atoms with Gasteiger partial charge in [0.25, 0.3) is 0 Å². The van der Waals surface area contributed by atoms with Crippen molar-refractivity contribution in [3.8, 4) is 22.5 Å². The van der Waals surface area contributed by atoms with Gasteiger partial charge in [-0.25, -0.2) is 27.8 Å². The van der Waals surface area contributed by atoms with Crippen LogP contribution < -0.4 is 9.80 Å². The monoisotopic (exact) mass is 788 g/mol. The fraction of sp³-hybridized carbons (Fsp3) is 0.100. The second-order valence-electron chi connectivity index (χ2n) is 12.3. The van der Waals surface area contributed by atoms with E-state index in [0.29, 0.717) is 54.7 Å². The molecule has 6 aromatic heterocycles. The lowest BCUT2D eigenvalue weighted by atomic mass is 10.1. The lowest BCUT2D eigenvalue weighted by Gasteiger charge is -2.17. The van der Waals surface area contributed by atoms with Gasteiger partial charge in [-0.1, -0.05) is 12.1 Å². The molecule has 2 amide bonds. The minimum absolute atomic E-state index is 0.147. The predicted octanol–water partition coefficient (Wildman–Crippen LogP) is 7.62. The van der Waals surface area contributed by atoms with Gasteiger partial charge in [-0.15, -0.1) is 22.7 Å². The first-order valence-corrected chi connectivity index (χ1v) is 18.6. The van der Waals surface area contributed by atoms with Crippen molar-refractivity contribution < 1.29 is 28.0 Å². The molecule has 0 bridgehead atoms. The number of thiophene rings is 2. The summed E-state index contributed by atoms with van der Waals surface area (Å²) in [6.07, 6.45) is 6.13. The number of fused-ring (bicyclic) bond motifs is 2. The number of carbonyl (C=O) groups excluding carboxylic acids is 4. The summed E-state index contributed by atoms with van der Waals surface area (Å²) >= 11 is 2.71.